The first-order chi connectivity index (χ1) is 10.0. The zero-order chi connectivity index (χ0) is 15.4. The van der Waals surface area contributed by atoms with Crippen LogP contribution in [-0.2, 0) is 4.79 Å². The van der Waals surface area contributed by atoms with Crippen LogP contribution in [0.25, 0.3) is 0 Å². The third kappa shape index (κ3) is 3.54. The van der Waals surface area contributed by atoms with Gasteiger partial charge in [0.15, 0.2) is 6.10 Å². The minimum Gasteiger partial charge on any atom is -0.497 e. The molecule has 0 bridgehead atoms. The highest BCUT2D eigenvalue weighted by molar-refractivity contribution is 6.31. The fourth-order valence-corrected chi connectivity index (χ4v) is 2.08. The van der Waals surface area contributed by atoms with E-state index in [1.807, 2.05) is 0 Å². The Kier molecular flexibility index (Phi) is 4.83. The summed E-state index contributed by atoms with van der Waals surface area (Å²) in [7, 11) is 1.53. The Morgan fingerprint density at radius 3 is 2.71 bits per heavy atom. The van der Waals surface area contributed by atoms with E-state index in [9.17, 15) is 9.90 Å². The first-order valence-corrected chi connectivity index (χ1v) is 6.78. The summed E-state index contributed by atoms with van der Waals surface area (Å²) in [4.78, 5) is 12.1. The number of aliphatic hydroxyl groups is 1. The predicted octanol–water partition coefficient (Wildman–Crippen LogP) is 3.33. The monoisotopic (exact) mass is 305 g/mol. The number of carbonyl (C=O) groups excluding carboxylic acids is 1. The van der Waals surface area contributed by atoms with Crippen molar-refractivity contribution in [2.24, 2.45) is 0 Å². The maximum atomic E-state index is 12.1. The molecule has 1 atom stereocenters. The quantitative estimate of drug-likeness (QED) is 0.911. The molecule has 0 aliphatic heterocycles. The molecule has 1 amide bonds. The average molecular weight is 306 g/mol. The molecule has 4 nitrogen and oxygen atoms in total. The number of hydrogen-bond acceptors (Lipinski definition) is 3. The van der Waals surface area contributed by atoms with Crippen LogP contribution in [0.3, 0.4) is 0 Å². The van der Waals surface area contributed by atoms with Gasteiger partial charge in [0, 0.05) is 10.7 Å². The highest BCUT2D eigenvalue weighted by atomic mass is 35.5. The number of carbonyl (C=O) groups is 1. The summed E-state index contributed by atoms with van der Waals surface area (Å²) in [6.45, 7) is 1.80. The lowest BCUT2D eigenvalue weighted by molar-refractivity contribution is -0.124. The van der Waals surface area contributed by atoms with E-state index in [4.69, 9.17) is 16.3 Å². The Hall–Kier alpha value is -2.04. The van der Waals surface area contributed by atoms with Crippen molar-refractivity contribution in [2.75, 3.05) is 12.4 Å². The van der Waals surface area contributed by atoms with Crippen molar-refractivity contribution in [3.8, 4) is 5.75 Å². The van der Waals surface area contributed by atoms with Crippen LogP contribution >= 0.6 is 11.6 Å². The normalized spacial score (nSPS) is 11.8. The van der Waals surface area contributed by atoms with Gasteiger partial charge in [0.1, 0.15) is 5.75 Å². The molecule has 5 heteroatoms. The summed E-state index contributed by atoms with van der Waals surface area (Å²) in [5.41, 5.74) is 1.80. The van der Waals surface area contributed by atoms with E-state index >= 15 is 0 Å². The van der Waals surface area contributed by atoms with E-state index in [0.29, 0.717) is 22.0 Å². The van der Waals surface area contributed by atoms with Crippen LogP contribution in [0.5, 0.6) is 5.75 Å². The number of ether oxygens (including phenoxy) is 1. The number of methoxy groups -OCH3 is 1. The summed E-state index contributed by atoms with van der Waals surface area (Å²) in [6, 6.07) is 12.0. The largest absolute Gasteiger partial charge is 0.497 e. The highest BCUT2D eigenvalue weighted by Gasteiger charge is 2.18. The molecular formula is C16H16ClNO3. The van der Waals surface area contributed by atoms with Crippen molar-refractivity contribution >= 4 is 23.2 Å². The van der Waals surface area contributed by atoms with E-state index in [1.54, 1.807) is 49.4 Å². The second kappa shape index (κ2) is 6.61. The number of rotatable bonds is 4. The molecule has 0 aliphatic carbocycles. The fraction of sp³-hybridized carbons (Fsp3) is 0.188. The standard InChI is InChI=1S/C16H16ClNO3/c1-10-13(17)7-4-8-14(10)18-16(20)15(19)11-5-3-6-12(9-11)21-2/h3-9,15,19H,1-2H3,(H,18,20). The van der Waals surface area contributed by atoms with Crippen LogP contribution < -0.4 is 10.1 Å². The Bertz CT molecular complexity index is 658. The van der Waals surface area contributed by atoms with Gasteiger partial charge in [-0.1, -0.05) is 29.8 Å². The molecule has 1 unspecified atom stereocenters. The number of benzene rings is 2. The van der Waals surface area contributed by atoms with Crippen LogP contribution in [0.15, 0.2) is 42.5 Å². The number of hydrogen-bond donors (Lipinski definition) is 2. The summed E-state index contributed by atoms with van der Waals surface area (Å²) >= 11 is 6.00. The first kappa shape index (κ1) is 15.4. The summed E-state index contributed by atoms with van der Waals surface area (Å²) in [5.74, 6) is 0.0619. The summed E-state index contributed by atoms with van der Waals surface area (Å²) in [6.07, 6.45) is -1.28. The van der Waals surface area contributed by atoms with Gasteiger partial charge in [-0.05, 0) is 42.3 Å². The van der Waals surface area contributed by atoms with E-state index in [2.05, 4.69) is 5.32 Å². The third-order valence-corrected chi connectivity index (χ3v) is 3.59. The van der Waals surface area contributed by atoms with Gasteiger partial charge in [-0.15, -0.1) is 0 Å². The van der Waals surface area contributed by atoms with E-state index in [0.717, 1.165) is 5.56 Å². The number of aliphatic hydroxyl groups excluding tert-OH is 1. The van der Waals surface area contributed by atoms with Crippen molar-refractivity contribution in [1.29, 1.82) is 0 Å². The molecule has 2 rings (SSSR count). The number of anilines is 1. The number of halogens is 1. The topological polar surface area (TPSA) is 58.6 Å². The van der Waals surface area contributed by atoms with Gasteiger partial charge in [-0.2, -0.15) is 0 Å². The Morgan fingerprint density at radius 2 is 2.00 bits per heavy atom. The molecular weight excluding hydrogens is 290 g/mol. The molecule has 0 radical (unpaired) electrons. The summed E-state index contributed by atoms with van der Waals surface area (Å²) < 4.78 is 5.08. The molecule has 110 valence electrons. The van der Waals surface area contributed by atoms with Gasteiger partial charge in [0.05, 0.1) is 7.11 Å². The Labute approximate surface area is 128 Å². The predicted molar refractivity (Wildman–Crippen MR) is 82.8 cm³/mol. The lowest BCUT2D eigenvalue weighted by Crippen LogP contribution is -2.21. The molecule has 0 aromatic heterocycles. The number of nitrogens with one attached hydrogen (secondary N) is 1. The molecule has 21 heavy (non-hydrogen) atoms. The van der Waals surface area contributed by atoms with Crippen molar-refractivity contribution in [1.82, 2.24) is 0 Å². The third-order valence-electron chi connectivity index (χ3n) is 3.18. The van der Waals surface area contributed by atoms with Crippen LogP contribution in [0.2, 0.25) is 5.02 Å². The lowest BCUT2D eigenvalue weighted by atomic mass is 10.1. The summed E-state index contributed by atoms with van der Waals surface area (Å²) in [5, 5.41) is 13.4. The van der Waals surface area contributed by atoms with Gasteiger partial charge in [0.25, 0.3) is 5.91 Å². The molecule has 2 aromatic carbocycles. The lowest BCUT2D eigenvalue weighted by Gasteiger charge is -2.14. The second-order valence-electron chi connectivity index (χ2n) is 4.58. The van der Waals surface area contributed by atoms with Crippen LogP contribution in [-0.4, -0.2) is 18.1 Å². The molecule has 2 aromatic rings. The molecule has 0 heterocycles. The molecule has 0 spiro atoms. The molecule has 2 N–H and O–H groups in total. The first-order valence-electron chi connectivity index (χ1n) is 6.41. The zero-order valence-electron chi connectivity index (χ0n) is 11.8. The second-order valence-corrected chi connectivity index (χ2v) is 4.99. The van der Waals surface area contributed by atoms with Gasteiger partial charge >= 0.3 is 0 Å². The van der Waals surface area contributed by atoms with Gasteiger partial charge < -0.3 is 15.2 Å². The molecule has 0 aliphatic rings. The van der Waals surface area contributed by atoms with Crippen molar-refractivity contribution in [3.05, 3.63) is 58.6 Å². The minimum atomic E-state index is -1.28. The number of amides is 1. The highest BCUT2D eigenvalue weighted by Crippen LogP contribution is 2.25. The van der Waals surface area contributed by atoms with Crippen molar-refractivity contribution in [2.45, 2.75) is 13.0 Å². The van der Waals surface area contributed by atoms with Crippen LogP contribution in [0.4, 0.5) is 5.69 Å². The Balaban J connectivity index is 2.17. The van der Waals surface area contributed by atoms with Gasteiger partial charge in [-0.3, -0.25) is 4.79 Å². The smallest absolute Gasteiger partial charge is 0.257 e. The van der Waals surface area contributed by atoms with E-state index < -0.39 is 12.0 Å². The van der Waals surface area contributed by atoms with Crippen molar-refractivity contribution in [3.63, 3.8) is 0 Å². The minimum absolute atomic E-state index is 0.464. The maximum Gasteiger partial charge on any atom is 0.257 e. The SMILES string of the molecule is COc1cccc(C(O)C(=O)Nc2cccc(Cl)c2C)c1. The average Bonchev–Trinajstić information content (AvgIpc) is 2.51. The fourth-order valence-electron chi connectivity index (χ4n) is 1.91. The van der Waals surface area contributed by atoms with Crippen molar-refractivity contribution < 1.29 is 14.6 Å². The molecule has 0 saturated carbocycles. The maximum absolute atomic E-state index is 12.1. The molecule has 0 saturated heterocycles. The van der Waals surface area contributed by atoms with Gasteiger partial charge in [0.2, 0.25) is 0 Å². The van der Waals surface area contributed by atoms with Crippen LogP contribution in [0, 0.1) is 6.92 Å². The molecule has 0 fully saturated rings. The van der Waals surface area contributed by atoms with E-state index in [1.165, 1.54) is 7.11 Å². The zero-order valence-corrected chi connectivity index (χ0v) is 12.5. The van der Waals surface area contributed by atoms with E-state index in [-0.39, 0.29) is 0 Å². The van der Waals surface area contributed by atoms with Gasteiger partial charge in [-0.25, -0.2) is 0 Å². The Morgan fingerprint density at radius 1 is 1.29 bits per heavy atom. The van der Waals surface area contributed by atoms with Crippen LogP contribution in [0.1, 0.15) is 17.2 Å².